The van der Waals surface area contributed by atoms with Crippen molar-refractivity contribution in [1.29, 1.82) is 0 Å². The van der Waals surface area contributed by atoms with Crippen LogP contribution in [0.5, 0.6) is 0 Å². The Morgan fingerprint density at radius 2 is 1.63 bits per heavy atom. The second kappa shape index (κ2) is 12.1. The molecule has 13 nitrogen and oxygen atoms in total. The van der Waals surface area contributed by atoms with Gasteiger partial charge >= 0.3 is 5.88 Å². The molecule has 1 aliphatic rings. The van der Waals surface area contributed by atoms with Crippen LogP contribution in [0.25, 0.3) is 0 Å². The summed E-state index contributed by atoms with van der Waals surface area (Å²) >= 11 is 5.74. The molecule has 1 aromatic heterocycles. The lowest BCUT2D eigenvalue weighted by atomic mass is 10.1. The molecule has 15 heteroatoms. The summed E-state index contributed by atoms with van der Waals surface area (Å²) in [5, 5.41) is 14.6. The Kier molecular flexibility index (Phi) is 8.29. The summed E-state index contributed by atoms with van der Waals surface area (Å²) in [5.41, 5.74) is 1.64. The number of amides is 3. The van der Waals surface area contributed by atoms with Crippen LogP contribution in [-0.4, -0.2) is 47.5 Å². The normalized spacial score (nSPS) is 15.1. The number of aryl methyl sites for hydroxylation is 1. The predicted octanol–water partition coefficient (Wildman–Crippen LogP) is 1.93. The first-order chi connectivity index (χ1) is 20.5. The average Bonchev–Trinajstić information content (AvgIpc) is 3.44. The zero-order valence-corrected chi connectivity index (χ0v) is 24.3. The summed E-state index contributed by atoms with van der Waals surface area (Å²) in [6.45, 7) is -0.0285. The number of hydrogen-bond acceptors (Lipinski definition) is 8. The van der Waals surface area contributed by atoms with Gasteiger partial charge in [0.2, 0.25) is 21.2 Å². The Labute approximate surface area is 251 Å². The third kappa shape index (κ3) is 6.43. The van der Waals surface area contributed by atoms with Crippen LogP contribution in [0, 0.1) is 0 Å². The molecule has 0 aliphatic carbocycles. The summed E-state index contributed by atoms with van der Waals surface area (Å²) in [5.74, 6) is -1.31. The van der Waals surface area contributed by atoms with Crippen LogP contribution in [0.3, 0.4) is 0 Å². The van der Waals surface area contributed by atoms with Crippen LogP contribution in [0.1, 0.15) is 22.5 Å². The third-order valence-electron chi connectivity index (χ3n) is 6.67. The molecule has 1 atom stereocenters. The molecule has 0 spiro atoms. The Bertz CT molecular complexity index is 1800. The molecule has 0 radical (unpaired) electrons. The minimum absolute atomic E-state index is 0.0285. The van der Waals surface area contributed by atoms with Gasteiger partial charge in [0, 0.05) is 11.3 Å². The number of nitrogens with one attached hydrogen (secondary N) is 2. The van der Waals surface area contributed by atoms with E-state index in [9.17, 15) is 22.8 Å². The van der Waals surface area contributed by atoms with Gasteiger partial charge in [-0.3, -0.25) is 29.1 Å². The van der Waals surface area contributed by atoms with Crippen molar-refractivity contribution in [1.82, 2.24) is 10.2 Å². The molecule has 1 unspecified atom stereocenters. The highest BCUT2D eigenvalue weighted by Crippen LogP contribution is 2.29. The van der Waals surface area contributed by atoms with Gasteiger partial charge in [0.1, 0.15) is 12.6 Å². The van der Waals surface area contributed by atoms with Crippen molar-refractivity contribution in [3.8, 4) is 0 Å². The number of carbonyl (C=O) groups excluding carboxylic acids is 3. The van der Waals surface area contributed by atoms with Crippen molar-refractivity contribution in [2.75, 3.05) is 15.5 Å². The number of thiocarbonyl (C=S) groups is 1. The number of benzene rings is 3. The molecule has 3 amide bonds. The number of nitrogens with zero attached hydrogens (tertiary/aromatic N) is 4. The van der Waals surface area contributed by atoms with Crippen LogP contribution in [-0.2, 0) is 33.2 Å². The monoisotopic (exact) mass is 620 g/mol. The minimum Gasteiger partial charge on any atom is -0.326 e. The second-order valence-electron chi connectivity index (χ2n) is 9.55. The van der Waals surface area contributed by atoms with E-state index in [1.165, 1.54) is 33.8 Å². The molecular weight excluding hydrogens is 594 g/mol. The fourth-order valence-electron chi connectivity index (χ4n) is 4.49. The molecular formula is C28H26N7O6S2+. The van der Waals surface area contributed by atoms with Gasteiger partial charge in [-0.2, -0.15) is 0 Å². The number of sulfonamides is 1. The number of aromatic nitrogens is 2. The largest absolute Gasteiger partial charge is 0.326 e. The Hall–Kier alpha value is -4.99. The highest BCUT2D eigenvalue weighted by molar-refractivity contribution is 7.89. The highest BCUT2D eigenvalue weighted by Gasteiger charge is 2.46. The molecule has 5 rings (SSSR count). The van der Waals surface area contributed by atoms with Gasteiger partial charge < -0.3 is 10.2 Å². The van der Waals surface area contributed by atoms with Gasteiger partial charge in [0.15, 0.2) is 12.2 Å². The van der Waals surface area contributed by atoms with Crippen LogP contribution < -0.4 is 25.4 Å². The number of para-hydroxylation sites is 1. The maximum absolute atomic E-state index is 13.8. The van der Waals surface area contributed by atoms with E-state index < -0.39 is 33.8 Å². The summed E-state index contributed by atoms with van der Waals surface area (Å²) < 4.78 is 29.9. The van der Waals surface area contributed by atoms with Gasteiger partial charge in [0.25, 0.3) is 17.5 Å². The molecule has 4 aromatic rings. The fraction of sp³-hybridized carbons (Fsp3) is 0.143. The smallest absolute Gasteiger partial charge is 0.307 e. The van der Waals surface area contributed by atoms with Crippen LogP contribution in [0.2, 0.25) is 0 Å². The summed E-state index contributed by atoms with van der Waals surface area (Å²) in [4.78, 5) is 42.5. The molecule has 43 heavy (non-hydrogen) atoms. The van der Waals surface area contributed by atoms with Crippen molar-refractivity contribution < 1.29 is 32.0 Å². The molecule has 3 aromatic carbocycles. The van der Waals surface area contributed by atoms with Crippen molar-refractivity contribution in [3.63, 3.8) is 0 Å². The third-order valence-corrected chi connectivity index (χ3v) is 8.02. The molecule has 2 heterocycles. The standard InChI is InChI=1S/C28H25N7O6S2/c1-33-23(26(41-32-33)31-25(37)18-8-4-2-5-9-18)17-34-22(27(38)35(28(34)42)20-10-6-3-7-11-20)16-24(36)30-19-12-14-21(15-13-19)43(29,39)40/h2-15,22H,16-17H2,1H3,(H3-,29,30,31,32,36,37,39,40)/p+1. The van der Waals surface area contributed by atoms with Crippen molar-refractivity contribution in [2.24, 2.45) is 12.2 Å². The second-order valence-corrected chi connectivity index (χ2v) is 11.5. The van der Waals surface area contributed by atoms with Crippen molar-refractivity contribution >= 4 is 62.3 Å². The number of hydrogen-bond donors (Lipinski definition) is 3. The quantitative estimate of drug-likeness (QED) is 0.187. The zero-order valence-electron chi connectivity index (χ0n) is 22.7. The number of nitrogens with two attached hydrogens (primary N) is 1. The maximum Gasteiger partial charge on any atom is 0.307 e. The van der Waals surface area contributed by atoms with Crippen LogP contribution in [0.4, 0.5) is 17.3 Å². The van der Waals surface area contributed by atoms with E-state index in [4.69, 9.17) is 21.9 Å². The lowest BCUT2D eigenvalue weighted by Gasteiger charge is -2.22. The lowest BCUT2D eigenvalue weighted by molar-refractivity contribution is -0.746. The Morgan fingerprint density at radius 3 is 2.26 bits per heavy atom. The van der Waals surface area contributed by atoms with E-state index in [1.807, 2.05) is 0 Å². The summed E-state index contributed by atoms with van der Waals surface area (Å²) in [6, 6.07) is 21.6. The van der Waals surface area contributed by atoms with Gasteiger partial charge in [-0.1, -0.05) is 36.4 Å². The topological polar surface area (TPSA) is 172 Å². The molecule has 0 bridgehead atoms. The summed E-state index contributed by atoms with van der Waals surface area (Å²) in [6.07, 6.45) is -0.292. The van der Waals surface area contributed by atoms with Crippen molar-refractivity contribution in [2.45, 2.75) is 23.9 Å². The van der Waals surface area contributed by atoms with Crippen LogP contribution in [0.15, 0.2) is 94.3 Å². The zero-order chi connectivity index (χ0) is 30.7. The molecule has 1 fully saturated rings. The van der Waals surface area contributed by atoms with E-state index in [0.29, 0.717) is 22.6 Å². The van der Waals surface area contributed by atoms with Gasteiger partial charge in [-0.25, -0.2) is 13.6 Å². The first-order valence-electron chi connectivity index (χ1n) is 12.9. The Balaban J connectivity index is 1.41. The van der Waals surface area contributed by atoms with Gasteiger partial charge in [0.05, 0.1) is 17.0 Å². The highest BCUT2D eigenvalue weighted by atomic mass is 32.2. The van der Waals surface area contributed by atoms with E-state index >= 15 is 0 Å². The first-order valence-corrected chi connectivity index (χ1v) is 14.8. The minimum atomic E-state index is -3.90. The fourth-order valence-corrected chi connectivity index (χ4v) is 5.39. The lowest BCUT2D eigenvalue weighted by Crippen LogP contribution is -2.43. The first kappa shape index (κ1) is 29.5. The molecule has 1 saturated heterocycles. The molecule has 220 valence electrons. The van der Waals surface area contributed by atoms with Gasteiger partial charge in [-0.05, 0) is 65.4 Å². The predicted molar refractivity (Wildman–Crippen MR) is 159 cm³/mol. The van der Waals surface area contributed by atoms with E-state index in [2.05, 4.69) is 15.9 Å². The SMILES string of the molecule is C[n+]1noc(NC(=O)c2ccccc2)c1CN1C(=S)N(c2ccccc2)C(=O)C1CC(=O)Nc1ccc(S(N)(=O)=O)cc1. The number of primary sulfonamides is 1. The van der Waals surface area contributed by atoms with E-state index in [1.54, 1.807) is 72.6 Å². The van der Waals surface area contributed by atoms with E-state index in [-0.39, 0.29) is 28.9 Å². The Morgan fingerprint density at radius 1 is 1.00 bits per heavy atom. The average molecular weight is 621 g/mol. The molecule has 0 saturated carbocycles. The maximum atomic E-state index is 13.8. The number of anilines is 3. The number of carbonyl (C=O) groups is 3. The summed E-state index contributed by atoms with van der Waals surface area (Å²) in [7, 11) is -2.29. The molecule has 4 N–H and O–H groups in total. The van der Waals surface area contributed by atoms with E-state index in [0.717, 1.165) is 0 Å². The van der Waals surface area contributed by atoms with Gasteiger partial charge in [-0.15, -0.1) is 0 Å². The number of rotatable bonds is 9. The molecule has 1 aliphatic heterocycles. The van der Waals surface area contributed by atoms with Crippen LogP contribution >= 0.6 is 12.2 Å². The van der Waals surface area contributed by atoms with Crippen molar-refractivity contribution in [3.05, 3.63) is 96.2 Å².